The molecule has 2 aromatic heterocycles. The van der Waals surface area contributed by atoms with Gasteiger partial charge in [0.15, 0.2) is 0 Å². The highest BCUT2D eigenvalue weighted by Gasteiger charge is 2.19. The SMILES string of the molecule is CCc1cccc(C)c1NC(=O)CNC[C@@H](c1cccs1)c1c[nH]c2ccccc12. The Kier molecular flexibility index (Phi) is 6.31. The minimum absolute atomic E-state index is 0.0112. The number of hydrogen-bond donors (Lipinski definition) is 3. The normalized spacial score (nSPS) is 12.2. The van der Waals surface area contributed by atoms with Gasteiger partial charge in [0.25, 0.3) is 0 Å². The number of anilines is 1. The molecule has 3 N–H and O–H groups in total. The number of aromatic nitrogens is 1. The first-order valence-electron chi connectivity index (χ1n) is 10.4. The Hall–Kier alpha value is -2.89. The molecule has 4 rings (SSSR count). The number of amides is 1. The number of H-pyrrole nitrogens is 1. The highest BCUT2D eigenvalue weighted by atomic mass is 32.1. The Morgan fingerprint density at radius 1 is 1.10 bits per heavy atom. The van der Waals surface area contributed by atoms with E-state index in [1.807, 2.05) is 25.1 Å². The number of para-hydroxylation sites is 2. The van der Waals surface area contributed by atoms with Crippen LogP contribution in [0.3, 0.4) is 0 Å². The van der Waals surface area contributed by atoms with E-state index >= 15 is 0 Å². The van der Waals surface area contributed by atoms with E-state index in [9.17, 15) is 4.79 Å². The average molecular weight is 418 g/mol. The van der Waals surface area contributed by atoms with E-state index in [1.54, 1.807) is 11.3 Å². The summed E-state index contributed by atoms with van der Waals surface area (Å²) in [4.78, 5) is 17.3. The van der Waals surface area contributed by atoms with Crippen molar-refractivity contribution in [3.05, 3.63) is 87.7 Å². The molecule has 0 saturated heterocycles. The first kappa shape index (κ1) is 20.4. The van der Waals surface area contributed by atoms with Gasteiger partial charge in [-0.2, -0.15) is 0 Å². The predicted octanol–water partition coefficient (Wildman–Crippen LogP) is 5.46. The highest BCUT2D eigenvalue weighted by Crippen LogP contribution is 2.32. The molecule has 0 bridgehead atoms. The maximum Gasteiger partial charge on any atom is 0.238 e. The van der Waals surface area contributed by atoms with Crippen molar-refractivity contribution in [3.63, 3.8) is 0 Å². The third-order valence-corrected chi connectivity index (χ3v) is 6.51. The van der Waals surface area contributed by atoms with Crippen LogP contribution >= 0.6 is 11.3 Å². The Morgan fingerprint density at radius 2 is 1.97 bits per heavy atom. The maximum absolute atomic E-state index is 12.6. The van der Waals surface area contributed by atoms with Crippen LogP contribution in [-0.4, -0.2) is 24.0 Å². The lowest BCUT2D eigenvalue weighted by Crippen LogP contribution is -2.31. The van der Waals surface area contributed by atoms with E-state index in [4.69, 9.17) is 0 Å². The molecule has 5 heteroatoms. The summed E-state index contributed by atoms with van der Waals surface area (Å²) in [7, 11) is 0. The summed E-state index contributed by atoms with van der Waals surface area (Å²) < 4.78 is 0. The number of carbonyl (C=O) groups is 1. The van der Waals surface area contributed by atoms with Crippen LogP contribution in [0.15, 0.2) is 66.2 Å². The molecule has 2 aromatic carbocycles. The molecule has 1 amide bonds. The lowest BCUT2D eigenvalue weighted by molar-refractivity contribution is -0.115. The summed E-state index contributed by atoms with van der Waals surface area (Å²) in [6, 6.07) is 18.7. The van der Waals surface area contributed by atoms with Gasteiger partial charge in [0, 0.05) is 40.1 Å². The average Bonchev–Trinajstić information content (AvgIpc) is 3.43. The second kappa shape index (κ2) is 9.28. The number of fused-ring (bicyclic) bond motifs is 1. The van der Waals surface area contributed by atoms with Gasteiger partial charge in [0.2, 0.25) is 5.91 Å². The molecule has 0 radical (unpaired) electrons. The van der Waals surface area contributed by atoms with E-state index in [0.717, 1.165) is 23.2 Å². The van der Waals surface area contributed by atoms with E-state index in [1.165, 1.54) is 21.4 Å². The van der Waals surface area contributed by atoms with Gasteiger partial charge in [-0.15, -0.1) is 11.3 Å². The van der Waals surface area contributed by atoms with Gasteiger partial charge in [0.05, 0.1) is 6.54 Å². The Morgan fingerprint density at radius 3 is 2.77 bits per heavy atom. The summed E-state index contributed by atoms with van der Waals surface area (Å²) >= 11 is 1.75. The summed E-state index contributed by atoms with van der Waals surface area (Å²) in [5.41, 5.74) is 5.60. The van der Waals surface area contributed by atoms with Crippen molar-refractivity contribution in [2.75, 3.05) is 18.4 Å². The second-order valence-electron chi connectivity index (χ2n) is 7.50. The van der Waals surface area contributed by atoms with E-state index in [-0.39, 0.29) is 18.4 Å². The minimum atomic E-state index is -0.0112. The number of aromatic amines is 1. The lowest BCUT2D eigenvalue weighted by Gasteiger charge is -2.17. The third-order valence-electron chi connectivity index (χ3n) is 5.52. The first-order chi connectivity index (χ1) is 14.7. The zero-order chi connectivity index (χ0) is 20.9. The number of hydrogen-bond acceptors (Lipinski definition) is 3. The lowest BCUT2D eigenvalue weighted by atomic mass is 9.96. The summed E-state index contributed by atoms with van der Waals surface area (Å²) in [5, 5.41) is 9.82. The Labute approximate surface area is 181 Å². The van der Waals surface area contributed by atoms with Crippen LogP contribution in [0.1, 0.15) is 34.4 Å². The van der Waals surface area contributed by atoms with Crippen molar-refractivity contribution >= 4 is 33.8 Å². The summed E-state index contributed by atoms with van der Waals surface area (Å²) in [5.74, 6) is 0.182. The highest BCUT2D eigenvalue weighted by molar-refractivity contribution is 7.10. The zero-order valence-electron chi connectivity index (χ0n) is 17.4. The number of thiophene rings is 1. The molecule has 0 fully saturated rings. The van der Waals surface area contributed by atoms with Gasteiger partial charge in [-0.05, 0) is 47.5 Å². The van der Waals surface area contributed by atoms with Gasteiger partial charge < -0.3 is 15.6 Å². The number of aryl methyl sites for hydroxylation is 2. The van der Waals surface area contributed by atoms with Crippen LogP contribution in [-0.2, 0) is 11.2 Å². The van der Waals surface area contributed by atoms with Crippen LogP contribution in [0.4, 0.5) is 5.69 Å². The topological polar surface area (TPSA) is 56.9 Å². The molecule has 4 aromatic rings. The molecule has 154 valence electrons. The largest absolute Gasteiger partial charge is 0.361 e. The first-order valence-corrected chi connectivity index (χ1v) is 11.2. The van der Waals surface area contributed by atoms with E-state index in [0.29, 0.717) is 6.54 Å². The smallest absolute Gasteiger partial charge is 0.238 e. The monoisotopic (exact) mass is 417 g/mol. The minimum Gasteiger partial charge on any atom is -0.361 e. The summed E-state index contributed by atoms with van der Waals surface area (Å²) in [6.45, 7) is 5.12. The van der Waals surface area contributed by atoms with Crippen LogP contribution < -0.4 is 10.6 Å². The molecule has 0 unspecified atom stereocenters. The molecule has 0 aliphatic rings. The number of benzene rings is 2. The fourth-order valence-electron chi connectivity index (χ4n) is 3.95. The summed E-state index contributed by atoms with van der Waals surface area (Å²) in [6.07, 6.45) is 2.99. The molecule has 0 saturated carbocycles. The number of carbonyl (C=O) groups excluding carboxylic acids is 1. The molecular weight excluding hydrogens is 390 g/mol. The maximum atomic E-state index is 12.6. The molecular formula is C25H27N3OS. The van der Waals surface area contributed by atoms with Gasteiger partial charge in [-0.3, -0.25) is 4.79 Å². The molecule has 0 spiro atoms. The fraction of sp³-hybridized carbons (Fsp3) is 0.240. The Bertz CT molecular complexity index is 1130. The van der Waals surface area contributed by atoms with Crippen molar-refractivity contribution in [1.29, 1.82) is 0 Å². The second-order valence-corrected chi connectivity index (χ2v) is 8.48. The zero-order valence-corrected chi connectivity index (χ0v) is 18.2. The van der Waals surface area contributed by atoms with Gasteiger partial charge in [-0.25, -0.2) is 0 Å². The third kappa shape index (κ3) is 4.32. The molecule has 2 heterocycles. The molecule has 0 aliphatic heterocycles. The van der Waals surface area contributed by atoms with Crippen molar-refractivity contribution in [2.24, 2.45) is 0 Å². The number of rotatable bonds is 8. The van der Waals surface area contributed by atoms with Gasteiger partial charge in [0.1, 0.15) is 0 Å². The van der Waals surface area contributed by atoms with Crippen molar-refractivity contribution in [1.82, 2.24) is 10.3 Å². The van der Waals surface area contributed by atoms with Crippen molar-refractivity contribution in [2.45, 2.75) is 26.2 Å². The predicted molar refractivity (Wildman–Crippen MR) is 127 cm³/mol. The van der Waals surface area contributed by atoms with E-state index < -0.39 is 0 Å². The van der Waals surface area contributed by atoms with E-state index in [2.05, 4.69) is 70.5 Å². The Balaban J connectivity index is 1.46. The molecule has 30 heavy (non-hydrogen) atoms. The van der Waals surface area contributed by atoms with Crippen LogP contribution in [0.25, 0.3) is 10.9 Å². The van der Waals surface area contributed by atoms with Gasteiger partial charge in [-0.1, -0.05) is 49.4 Å². The van der Waals surface area contributed by atoms with Crippen LogP contribution in [0.2, 0.25) is 0 Å². The van der Waals surface area contributed by atoms with Crippen molar-refractivity contribution in [3.8, 4) is 0 Å². The molecule has 4 nitrogen and oxygen atoms in total. The fourth-order valence-corrected chi connectivity index (χ4v) is 4.80. The van der Waals surface area contributed by atoms with Crippen LogP contribution in [0.5, 0.6) is 0 Å². The number of nitrogens with one attached hydrogen (secondary N) is 3. The van der Waals surface area contributed by atoms with Crippen molar-refractivity contribution < 1.29 is 4.79 Å². The van der Waals surface area contributed by atoms with Gasteiger partial charge >= 0.3 is 0 Å². The molecule has 0 aliphatic carbocycles. The van der Waals surface area contributed by atoms with Crippen LogP contribution in [0, 0.1) is 6.92 Å². The quantitative estimate of drug-likeness (QED) is 0.356. The standard InChI is InChI=1S/C25H27N3OS/c1-3-18-9-6-8-17(2)25(18)28-24(29)16-26-14-21(23-12-7-13-30-23)20-15-27-22-11-5-4-10-19(20)22/h4-13,15,21,26-27H,3,14,16H2,1-2H3,(H,28,29)/t21-/m1/s1. The molecule has 1 atom stereocenters.